The third kappa shape index (κ3) is 7.89. The van der Waals surface area contributed by atoms with Crippen molar-refractivity contribution in [1.82, 2.24) is 0 Å². The summed E-state index contributed by atoms with van der Waals surface area (Å²) in [5.74, 6) is 0.150. The molecule has 0 heterocycles. The normalized spacial score (nSPS) is 9.95. The Labute approximate surface area is 123 Å². The molecule has 108 valence electrons. The highest BCUT2D eigenvalue weighted by molar-refractivity contribution is 5.94. The van der Waals surface area contributed by atoms with Gasteiger partial charge in [0.05, 0.1) is 0 Å². The Balaban J connectivity index is 0.00000324. The van der Waals surface area contributed by atoms with Gasteiger partial charge in [-0.25, -0.2) is 0 Å². The minimum Gasteiger partial charge on any atom is -0.384 e. The summed E-state index contributed by atoms with van der Waals surface area (Å²) in [4.78, 5) is 0. The molecule has 0 amide bonds. The van der Waals surface area contributed by atoms with E-state index in [4.69, 9.17) is 11.1 Å². The Hall–Kier alpha value is -1.02. The summed E-state index contributed by atoms with van der Waals surface area (Å²) in [5.41, 5.74) is 7.60. The zero-order valence-electron chi connectivity index (χ0n) is 12.0. The standard InChI is InChI=1S/C16H26N2.ClH/c1-2-3-4-5-6-7-8-9-14-10-12-15(13-11-14)16(17)18;/h10-13H,2-9H2,1H3,(H3,17,18);1H. The summed E-state index contributed by atoms with van der Waals surface area (Å²) in [5, 5.41) is 7.33. The molecule has 0 aromatic heterocycles. The topological polar surface area (TPSA) is 49.9 Å². The third-order valence-corrected chi connectivity index (χ3v) is 3.33. The lowest BCUT2D eigenvalue weighted by Gasteiger charge is -2.04. The average Bonchev–Trinajstić information content (AvgIpc) is 2.38. The van der Waals surface area contributed by atoms with E-state index in [1.807, 2.05) is 12.1 Å². The van der Waals surface area contributed by atoms with Gasteiger partial charge in [-0.2, -0.15) is 0 Å². The van der Waals surface area contributed by atoms with Crippen LogP contribution in [0.3, 0.4) is 0 Å². The first kappa shape index (κ1) is 18.0. The molecule has 0 unspecified atom stereocenters. The Kier molecular flexibility index (Phi) is 10.3. The van der Waals surface area contributed by atoms with Gasteiger partial charge in [0.2, 0.25) is 0 Å². The number of nitrogens with one attached hydrogen (secondary N) is 1. The lowest BCUT2D eigenvalue weighted by Crippen LogP contribution is -2.10. The van der Waals surface area contributed by atoms with Gasteiger partial charge in [-0.05, 0) is 18.4 Å². The number of aryl methyl sites for hydroxylation is 1. The minimum atomic E-state index is 0. The van der Waals surface area contributed by atoms with E-state index in [-0.39, 0.29) is 18.2 Å². The number of amidine groups is 1. The average molecular weight is 283 g/mol. The van der Waals surface area contributed by atoms with Gasteiger partial charge in [0.15, 0.2) is 0 Å². The summed E-state index contributed by atoms with van der Waals surface area (Å²) in [6, 6.07) is 8.07. The number of nitrogen functional groups attached to an aromatic ring is 1. The summed E-state index contributed by atoms with van der Waals surface area (Å²) in [6.45, 7) is 2.25. The summed E-state index contributed by atoms with van der Waals surface area (Å²) < 4.78 is 0. The van der Waals surface area contributed by atoms with Crippen molar-refractivity contribution in [3.63, 3.8) is 0 Å². The van der Waals surface area contributed by atoms with Crippen molar-refractivity contribution >= 4 is 18.2 Å². The maximum absolute atomic E-state index is 7.33. The van der Waals surface area contributed by atoms with Crippen LogP contribution < -0.4 is 5.73 Å². The van der Waals surface area contributed by atoms with E-state index in [2.05, 4.69) is 19.1 Å². The molecular weight excluding hydrogens is 256 g/mol. The molecule has 0 aliphatic heterocycles. The predicted molar refractivity (Wildman–Crippen MR) is 86.4 cm³/mol. The molecule has 19 heavy (non-hydrogen) atoms. The second kappa shape index (κ2) is 10.9. The Morgan fingerprint density at radius 3 is 2.00 bits per heavy atom. The van der Waals surface area contributed by atoms with E-state index < -0.39 is 0 Å². The molecular formula is C16H27ClN2. The van der Waals surface area contributed by atoms with Crippen molar-refractivity contribution in [2.75, 3.05) is 0 Å². The quantitative estimate of drug-likeness (QED) is 0.385. The van der Waals surface area contributed by atoms with Gasteiger partial charge in [-0.15, -0.1) is 12.4 Å². The number of unbranched alkanes of at least 4 members (excludes halogenated alkanes) is 6. The largest absolute Gasteiger partial charge is 0.384 e. The van der Waals surface area contributed by atoms with Gasteiger partial charge in [-0.3, -0.25) is 5.41 Å². The zero-order valence-corrected chi connectivity index (χ0v) is 12.8. The SMILES string of the molecule is CCCCCCCCCc1ccc(C(=N)N)cc1.Cl. The highest BCUT2D eigenvalue weighted by atomic mass is 35.5. The van der Waals surface area contributed by atoms with Crippen molar-refractivity contribution in [1.29, 1.82) is 5.41 Å². The molecule has 3 N–H and O–H groups in total. The molecule has 0 radical (unpaired) electrons. The van der Waals surface area contributed by atoms with E-state index in [0.29, 0.717) is 0 Å². The maximum Gasteiger partial charge on any atom is 0.122 e. The lowest BCUT2D eigenvalue weighted by molar-refractivity contribution is 0.589. The maximum atomic E-state index is 7.33. The number of halogens is 1. The van der Waals surface area contributed by atoms with Crippen molar-refractivity contribution < 1.29 is 0 Å². The Bertz CT molecular complexity index is 346. The van der Waals surface area contributed by atoms with Crippen LogP contribution in [0.1, 0.15) is 63.0 Å². The molecule has 0 saturated carbocycles. The van der Waals surface area contributed by atoms with E-state index in [9.17, 15) is 0 Å². The molecule has 0 bridgehead atoms. The monoisotopic (exact) mass is 282 g/mol. The van der Waals surface area contributed by atoms with Crippen LogP contribution in [0.2, 0.25) is 0 Å². The van der Waals surface area contributed by atoms with Crippen LogP contribution in [0, 0.1) is 5.41 Å². The molecule has 2 nitrogen and oxygen atoms in total. The first-order valence-electron chi connectivity index (χ1n) is 7.17. The van der Waals surface area contributed by atoms with E-state index >= 15 is 0 Å². The van der Waals surface area contributed by atoms with Crippen molar-refractivity contribution in [2.24, 2.45) is 5.73 Å². The number of benzene rings is 1. The Morgan fingerprint density at radius 2 is 1.47 bits per heavy atom. The molecule has 1 aromatic rings. The van der Waals surface area contributed by atoms with Gasteiger partial charge in [0.25, 0.3) is 0 Å². The molecule has 0 spiro atoms. The summed E-state index contributed by atoms with van der Waals surface area (Å²) >= 11 is 0. The van der Waals surface area contributed by atoms with Crippen LogP contribution in [0.25, 0.3) is 0 Å². The smallest absolute Gasteiger partial charge is 0.122 e. The van der Waals surface area contributed by atoms with Crippen LogP contribution in [-0.2, 0) is 6.42 Å². The van der Waals surface area contributed by atoms with Gasteiger partial charge in [-0.1, -0.05) is 69.7 Å². The van der Waals surface area contributed by atoms with Gasteiger partial charge < -0.3 is 5.73 Å². The lowest BCUT2D eigenvalue weighted by atomic mass is 10.0. The highest BCUT2D eigenvalue weighted by Gasteiger charge is 1.97. The number of hydrogen-bond acceptors (Lipinski definition) is 1. The highest BCUT2D eigenvalue weighted by Crippen LogP contribution is 2.11. The molecule has 0 fully saturated rings. The van der Waals surface area contributed by atoms with Crippen molar-refractivity contribution in [3.8, 4) is 0 Å². The van der Waals surface area contributed by atoms with Gasteiger partial charge in [0, 0.05) is 5.56 Å². The summed E-state index contributed by atoms with van der Waals surface area (Å²) in [6.07, 6.45) is 10.6. The van der Waals surface area contributed by atoms with Crippen LogP contribution in [0.5, 0.6) is 0 Å². The second-order valence-corrected chi connectivity index (χ2v) is 4.98. The van der Waals surface area contributed by atoms with Crippen LogP contribution >= 0.6 is 12.4 Å². The van der Waals surface area contributed by atoms with Crippen molar-refractivity contribution in [3.05, 3.63) is 35.4 Å². The van der Waals surface area contributed by atoms with E-state index in [1.54, 1.807) is 0 Å². The first-order valence-corrected chi connectivity index (χ1v) is 7.17. The van der Waals surface area contributed by atoms with E-state index in [0.717, 1.165) is 12.0 Å². The number of hydrogen-bond donors (Lipinski definition) is 2. The minimum absolute atomic E-state index is 0. The Morgan fingerprint density at radius 1 is 0.947 bits per heavy atom. The van der Waals surface area contributed by atoms with Gasteiger partial charge in [0.1, 0.15) is 5.84 Å². The molecule has 1 rings (SSSR count). The third-order valence-electron chi connectivity index (χ3n) is 3.33. The number of nitrogens with two attached hydrogens (primary N) is 1. The molecule has 0 aliphatic rings. The molecule has 0 aliphatic carbocycles. The second-order valence-electron chi connectivity index (χ2n) is 4.98. The predicted octanol–water partition coefficient (Wildman–Crippen LogP) is 4.69. The fourth-order valence-corrected chi connectivity index (χ4v) is 2.14. The zero-order chi connectivity index (χ0) is 13.2. The fourth-order valence-electron chi connectivity index (χ4n) is 2.14. The van der Waals surface area contributed by atoms with Gasteiger partial charge >= 0.3 is 0 Å². The molecule has 0 atom stereocenters. The molecule has 1 aromatic carbocycles. The fraction of sp³-hybridized carbons (Fsp3) is 0.562. The summed E-state index contributed by atoms with van der Waals surface area (Å²) in [7, 11) is 0. The van der Waals surface area contributed by atoms with Crippen LogP contribution in [0.4, 0.5) is 0 Å². The number of rotatable bonds is 9. The van der Waals surface area contributed by atoms with Crippen molar-refractivity contribution in [2.45, 2.75) is 58.3 Å². The first-order chi connectivity index (χ1) is 8.74. The van der Waals surface area contributed by atoms with E-state index in [1.165, 1.54) is 50.5 Å². The molecule has 3 heteroatoms. The molecule has 0 saturated heterocycles. The van der Waals surface area contributed by atoms with Crippen LogP contribution in [-0.4, -0.2) is 5.84 Å². The van der Waals surface area contributed by atoms with Crippen LogP contribution in [0.15, 0.2) is 24.3 Å².